The van der Waals surface area contributed by atoms with E-state index in [2.05, 4.69) is 0 Å². The zero-order valence-electron chi connectivity index (χ0n) is 7.06. The molecule has 0 N–H and O–H groups in total. The molecular weight excluding hydrogens is 176 g/mol. The van der Waals surface area contributed by atoms with Gasteiger partial charge in [-0.25, -0.2) is 0 Å². The molecule has 0 unspecified atom stereocenters. The van der Waals surface area contributed by atoms with Crippen molar-refractivity contribution in [2.75, 3.05) is 5.28 Å². The van der Waals surface area contributed by atoms with Gasteiger partial charge in [-0.15, -0.1) is 0 Å². The van der Waals surface area contributed by atoms with Gasteiger partial charge >= 0.3 is 82.7 Å². The first-order chi connectivity index (χ1) is 6.04. The van der Waals surface area contributed by atoms with Crippen LogP contribution in [0.4, 0.5) is 13.2 Å². The van der Waals surface area contributed by atoms with E-state index in [-0.39, 0.29) is 5.75 Å². The second kappa shape index (κ2) is 4.08. The molecule has 0 amide bonds. The molecule has 1 nitrogen and oxygen atoms in total. The third-order valence-electron chi connectivity index (χ3n) is 1.47. The standard InChI is InChI=1S/C8H6F3O.Li/c1-12-7-4-2-3-6(5-7)8(9,10)11;/h2-5H,1H2;. The minimum absolute atomic E-state index is 0.248. The molecule has 0 atom stereocenters. The zero-order chi connectivity index (χ0) is 9.90. The number of benzene rings is 1. The van der Waals surface area contributed by atoms with Gasteiger partial charge in [-0.3, -0.25) is 0 Å². The maximum absolute atomic E-state index is 12.2. The summed E-state index contributed by atoms with van der Waals surface area (Å²) < 4.78 is 41.4. The van der Waals surface area contributed by atoms with Crippen LogP contribution in [0.1, 0.15) is 5.56 Å². The predicted molar refractivity (Wildman–Crippen MR) is 42.7 cm³/mol. The first-order valence-corrected chi connectivity index (χ1v) is 3.84. The van der Waals surface area contributed by atoms with Gasteiger partial charge < -0.3 is 0 Å². The van der Waals surface area contributed by atoms with Gasteiger partial charge in [-0.05, 0) is 0 Å². The van der Waals surface area contributed by atoms with E-state index < -0.39 is 11.7 Å². The Balaban J connectivity index is 2.92. The van der Waals surface area contributed by atoms with Crippen molar-refractivity contribution in [2.24, 2.45) is 0 Å². The molecule has 1 aromatic rings. The summed E-state index contributed by atoms with van der Waals surface area (Å²) in [6.45, 7) is 0. The molecule has 0 radical (unpaired) electrons. The van der Waals surface area contributed by atoms with E-state index in [1.165, 1.54) is 12.1 Å². The van der Waals surface area contributed by atoms with Gasteiger partial charge in [-0.2, -0.15) is 0 Å². The molecule has 0 aliphatic heterocycles. The fraction of sp³-hybridized carbons (Fsp3) is 0.250. The molecule has 66 valence electrons. The van der Waals surface area contributed by atoms with Gasteiger partial charge in [0.1, 0.15) is 0 Å². The number of hydrogen-bond donors (Lipinski definition) is 0. The van der Waals surface area contributed by atoms with Crippen LogP contribution < -0.4 is 4.74 Å². The molecule has 0 aliphatic carbocycles. The van der Waals surface area contributed by atoms with Crippen LogP contribution in [-0.4, -0.2) is 23.0 Å². The van der Waals surface area contributed by atoms with E-state index in [0.717, 1.165) is 12.1 Å². The average molecular weight is 182 g/mol. The fourth-order valence-corrected chi connectivity index (χ4v) is 0.929. The van der Waals surface area contributed by atoms with Crippen molar-refractivity contribution in [3.8, 4) is 5.75 Å². The Morgan fingerprint density at radius 2 is 2.00 bits per heavy atom. The molecule has 1 aromatic carbocycles. The summed E-state index contributed by atoms with van der Waals surface area (Å²) in [7, 11) is 0. The Morgan fingerprint density at radius 3 is 2.54 bits per heavy atom. The van der Waals surface area contributed by atoms with Gasteiger partial charge in [0.15, 0.2) is 0 Å². The topological polar surface area (TPSA) is 9.23 Å². The molecular formula is C8H6F3LiO. The monoisotopic (exact) mass is 182 g/mol. The van der Waals surface area contributed by atoms with E-state index in [1.54, 1.807) is 17.7 Å². The summed E-state index contributed by atoms with van der Waals surface area (Å²) in [5, 5.41) is 0.362. The number of alkyl halides is 3. The zero-order valence-corrected chi connectivity index (χ0v) is 7.06. The summed E-state index contributed by atoms with van der Waals surface area (Å²) in [4.78, 5) is 0. The molecule has 0 fully saturated rings. The van der Waals surface area contributed by atoms with Crippen LogP contribution in [0.15, 0.2) is 24.3 Å². The van der Waals surface area contributed by atoms with Crippen molar-refractivity contribution in [1.82, 2.24) is 0 Å². The Bertz CT molecular complexity index is 285. The van der Waals surface area contributed by atoms with Crippen molar-refractivity contribution < 1.29 is 17.9 Å². The SMILES string of the molecule is [Li][CH2]Oc1cccc(C(F)(F)F)c1. The van der Waals surface area contributed by atoms with E-state index >= 15 is 0 Å². The normalized spacial score (nSPS) is 11.5. The molecule has 0 saturated heterocycles. The number of halogens is 3. The van der Waals surface area contributed by atoms with Gasteiger partial charge in [0.25, 0.3) is 0 Å². The number of ether oxygens (including phenoxy) is 1. The quantitative estimate of drug-likeness (QED) is 0.637. The average Bonchev–Trinajstić information content (AvgIpc) is 2.04. The summed E-state index contributed by atoms with van der Waals surface area (Å²) in [5.41, 5.74) is -0.682. The van der Waals surface area contributed by atoms with Crippen molar-refractivity contribution in [3.05, 3.63) is 29.8 Å². The van der Waals surface area contributed by atoms with Crippen LogP contribution in [0, 0.1) is 0 Å². The maximum atomic E-state index is 12.2. The predicted octanol–water partition coefficient (Wildman–Crippen LogP) is 2.21. The van der Waals surface area contributed by atoms with Crippen molar-refractivity contribution in [1.29, 1.82) is 0 Å². The second-order valence-electron chi connectivity index (χ2n) is 2.46. The van der Waals surface area contributed by atoms with E-state index in [9.17, 15) is 13.2 Å². The van der Waals surface area contributed by atoms with Gasteiger partial charge in [0.2, 0.25) is 0 Å². The third-order valence-corrected chi connectivity index (χ3v) is 1.47. The van der Waals surface area contributed by atoms with E-state index in [1.807, 2.05) is 0 Å². The van der Waals surface area contributed by atoms with Crippen molar-refractivity contribution >= 4 is 17.7 Å². The Labute approximate surface area is 83.1 Å². The van der Waals surface area contributed by atoms with Gasteiger partial charge in [0.05, 0.1) is 0 Å². The summed E-state index contributed by atoms with van der Waals surface area (Å²) in [6.07, 6.45) is -4.30. The van der Waals surface area contributed by atoms with Crippen LogP contribution in [0.5, 0.6) is 5.75 Å². The molecule has 13 heavy (non-hydrogen) atoms. The third kappa shape index (κ3) is 2.98. The van der Waals surface area contributed by atoms with Crippen LogP contribution in [-0.2, 0) is 6.18 Å². The van der Waals surface area contributed by atoms with Crippen LogP contribution >= 0.6 is 0 Å². The Kier molecular flexibility index (Phi) is 3.29. The fourth-order valence-electron chi connectivity index (χ4n) is 0.929. The Morgan fingerprint density at radius 1 is 1.31 bits per heavy atom. The van der Waals surface area contributed by atoms with Crippen molar-refractivity contribution in [3.63, 3.8) is 0 Å². The molecule has 1 rings (SSSR count). The van der Waals surface area contributed by atoms with Crippen molar-refractivity contribution in [2.45, 2.75) is 6.18 Å². The molecule has 5 heteroatoms. The summed E-state index contributed by atoms with van der Waals surface area (Å²) in [5.74, 6) is 0.248. The van der Waals surface area contributed by atoms with E-state index in [4.69, 9.17) is 4.74 Å². The first kappa shape index (κ1) is 10.5. The number of hydrogen-bond acceptors (Lipinski definition) is 1. The molecule has 0 heterocycles. The van der Waals surface area contributed by atoms with Crippen LogP contribution in [0.3, 0.4) is 0 Å². The first-order valence-electron chi connectivity index (χ1n) is 3.84. The summed E-state index contributed by atoms with van der Waals surface area (Å²) >= 11 is 1.72. The molecule has 0 spiro atoms. The second-order valence-corrected chi connectivity index (χ2v) is 2.46. The van der Waals surface area contributed by atoms with Gasteiger partial charge in [-0.1, -0.05) is 0 Å². The summed E-state index contributed by atoms with van der Waals surface area (Å²) in [6, 6.07) is 4.83. The number of rotatable bonds is 2. The van der Waals surface area contributed by atoms with Gasteiger partial charge in [0, 0.05) is 0 Å². The molecule has 0 saturated carbocycles. The minimum atomic E-state index is -4.30. The molecule has 0 aliphatic rings. The van der Waals surface area contributed by atoms with Crippen LogP contribution in [0.2, 0.25) is 0 Å². The molecule has 0 aromatic heterocycles. The van der Waals surface area contributed by atoms with Crippen LogP contribution in [0.25, 0.3) is 0 Å². The van der Waals surface area contributed by atoms with E-state index in [0.29, 0.717) is 5.28 Å². The Hall–Kier alpha value is -0.593. The molecule has 0 bridgehead atoms.